The van der Waals surface area contributed by atoms with Crippen molar-refractivity contribution in [1.29, 1.82) is 0 Å². The van der Waals surface area contributed by atoms with Crippen LogP contribution < -0.4 is 0 Å². The standard InChI is InChI=1S/C15H15N5O3/c1-11(12-5-3-2-4-6-12)20-14(22)13(21)19(15(20)23)8-7-18-10-16-9-17-18/h2-6,9-11H,7-8H2,1H3. The average molecular weight is 313 g/mol. The Bertz CT molecular complexity index is 729. The van der Waals surface area contributed by atoms with E-state index in [9.17, 15) is 14.4 Å². The molecule has 0 saturated carbocycles. The highest BCUT2D eigenvalue weighted by Gasteiger charge is 2.46. The molecule has 3 rings (SSSR count). The van der Waals surface area contributed by atoms with E-state index in [-0.39, 0.29) is 13.1 Å². The molecule has 4 amide bonds. The third kappa shape index (κ3) is 2.70. The molecule has 8 nitrogen and oxygen atoms in total. The van der Waals surface area contributed by atoms with Crippen LogP contribution >= 0.6 is 0 Å². The van der Waals surface area contributed by atoms with Gasteiger partial charge in [-0.15, -0.1) is 0 Å². The predicted octanol–water partition coefficient (Wildman–Crippen LogP) is 0.830. The summed E-state index contributed by atoms with van der Waals surface area (Å²) in [5.41, 5.74) is 0.792. The van der Waals surface area contributed by atoms with E-state index < -0.39 is 23.9 Å². The third-order valence-electron chi connectivity index (χ3n) is 3.77. The minimum Gasteiger partial charge on any atom is -0.263 e. The third-order valence-corrected chi connectivity index (χ3v) is 3.77. The average Bonchev–Trinajstić information content (AvgIpc) is 3.15. The molecule has 0 aliphatic carbocycles. The van der Waals surface area contributed by atoms with E-state index in [2.05, 4.69) is 10.1 Å². The van der Waals surface area contributed by atoms with Crippen molar-refractivity contribution in [1.82, 2.24) is 24.6 Å². The van der Waals surface area contributed by atoms with Crippen LogP contribution in [-0.4, -0.2) is 49.0 Å². The highest BCUT2D eigenvalue weighted by atomic mass is 16.2. The summed E-state index contributed by atoms with van der Waals surface area (Å²) in [5, 5.41) is 3.91. The monoisotopic (exact) mass is 313 g/mol. The number of carbonyl (C=O) groups is 3. The van der Waals surface area contributed by atoms with Crippen molar-refractivity contribution in [2.75, 3.05) is 6.54 Å². The summed E-state index contributed by atoms with van der Waals surface area (Å²) in [6.45, 7) is 2.09. The smallest absolute Gasteiger partial charge is 0.263 e. The predicted molar refractivity (Wildman–Crippen MR) is 78.8 cm³/mol. The van der Waals surface area contributed by atoms with Crippen molar-refractivity contribution in [2.45, 2.75) is 19.5 Å². The molecule has 23 heavy (non-hydrogen) atoms. The topological polar surface area (TPSA) is 88.4 Å². The molecule has 0 N–H and O–H groups in total. The molecule has 1 unspecified atom stereocenters. The van der Waals surface area contributed by atoms with Crippen molar-refractivity contribution >= 4 is 17.8 Å². The SMILES string of the molecule is CC(c1ccccc1)N1C(=O)C(=O)N(CCn2cncn2)C1=O. The lowest BCUT2D eigenvalue weighted by atomic mass is 10.1. The number of nitrogens with zero attached hydrogens (tertiary/aromatic N) is 5. The van der Waals surface area contributed by atoms with E-state index in [0.717, 1.165) is 15.4 Å². The van der Waals surface area contributed by atoms with Crippen LogP contribution in [0.4, 0.5) is 4.79 Å². The van der Waals surface area contributed by atoms with E-state index in [1.807, 2.05) is 30.3 Å². The Morgan fingerprint density at radius 3 is 2.43 bits per heavy atom. The number of rotatable bonds is 5. The van der Waals surface area contributed by atoms with E-state index >= 15 is 0 Å². The number of urea groups is 1. The summed E-state index contributed by atoms with van der Waals surface area (Å²) in [6, 6.07) is 8.01. The van der Waals surface area contributed by atoms with Crippen molar-refractivity contribution in [3.05, 3.63) is 48.5 Å². The summed E-state index contributed by atoms with van der Waals surface area (Å²) >= 11 is 0. The van der Waals surface area contributed by atoms with Crippen molar-refractivity contribution in [3.8, 4) is 0 Å². The molecule has 118 valence electrons. The Morgan fingerprint density at radius 1 is 1.04 bits per heavy atom. The maximum absolute atomic E-state index is 12.5. The van der Waals surface area contributed by atoms with Gasteiger partial charge in [-0.25, -0.2) is 14.7 Å². The maximum atomic E-state index is 12.5. The molecule has 0 bridgehead atoms. The highest BCUT2D eigenvalue weighted by molar-refractivity contribution is 6.44. The summed E-state index contributed by atoms with van der Waals surface area (Å²) in [7, 11) is 0. The minimum absolute atomic E-state index is 0.0742. The summed E-state index contributed by atoms with van der Waals surface area (Å²) < 4.78 is 1.49. The van der Waals surface area contributed by atoms with Gasteiger partial charge in [0.25, 0.3) is 0 Å². The first-order valence-corrected chi connectivity index (χ1v) is 7.16. The number of amides is 4. The Hall–Kier alpha value is -3.03. The molecule has 2 heterocycles. The Labute approximate surface area is 132 Å². The van der Waals surface area contributed by atoms with Crippen LogP contribution in [0.1, 0.15) is 18.5 Å². The van der Waals surface area contributed by atoms with Crippen LogP contribution in [-0.2, 0) is 16.1 Å². The van der Waals surface area contributed by atoms with Gasteiger partial charge in [-0.1, -0.05) is 30.3 Å². The highest BCUT2D eigenvalue weighted by Crippen LogP contribution is 2.25. The molecule has 0 spiro atoms. The van der Waals surface area contributed by atoms with Crippen LogP contribution in [0.25, 0.3) is 0 Å². The Morgan fingerprint density at radius 2 is 1.78 bits per heavy atom. The Kier molecular flexibility index (Phi) is 3.88. The molecular formula is C15H15N5O3. The summed E-state index contributed by atoms with van der Waals surface area (Å²) in [4.78, 5) is 42.5. The minimum atomic E-state index is -0.808. The van der Waals surface area contributed by atoms with Gasteiger partial charge < -0.3 is 0 Å². The van der Waals surface area contributed by atoms with E-state index in [4.69, 9.17) is 0 Å². The molecule has 2 aromatic rings. The van der Waals surface area contributed by atoms with Gasteiger partial charge in [0.05, 0.1) is 19.1 Å². The number of imide groups is 2. The van der Waals surface area contributed by atoms with E-state index in [0.29, 0.717) is 0 Å². The van der Waals surface area contributed by atoms with Gasteiger partial charge in [0.2, 0.25) is 0 Å². The second-order valence-corrected chi connectivity index (χ2v) is 5.16. The fraction of sp³-hybridized carbons (Fsp3) is 0.267. The van der Waals surface area contributed by atoms with Crippen LogP contribution in [0.3, 0.4) is 0 Å². The van der Waals surface area contributed by atoms with Gasteiger partial charge in [0, 0.05) is 0 Å². The first-order valence-electron chi connectivity index (χ1n) is 7.16. The largest absolute Gasteiger partial charge is 0.334 e. The molecule has 1 aromatic carbocycles. The molecule has 1 fully saturated rings. The molecule has 8 heteroatoms. The number of benzene rings is 1. The quantitative estimate of drug-likeness (QED) is 0.602. The van der Waals surface area contributed by atoms with Gasteiger partial charge >= 0.3 is 17.8 Å². The molecule has 1 saturated heterocycles. The number of carbonyl (C=O) groups excluding carboxylic acids is 3. The normalized spacial score (nSPS) is 16.3. The Balaban J connectivity index is 1.76. The lowest BCUT2D eigenvalue weighted by Crippen LogP contribution is -2.36. The second kappa shape index (κ2) is 5.99. The molecular weight excluding hydrogens is 298 g/mol. The van der Waals surface area contributed by atoms with Crippen LogP contribution in [0, 0.1) is 0 Å². The lowest BCUT2D eigenvalue weighted by Gasteiger charge is -2.22. The fourth-order valence-electron chi connectivity index (χ4n) is 2.49. The van der Waals surface area contributed by atoms with Gasteiger partial charge in [-0.05, 0) is 12.5 Å². The van der Waals surface area contributed by atoms with Gasteiger partial charge in [-0.3, -0.25) is 19.2 Å². The van der Waals surface area contributed by atoms with Crippen molar-refractivity contribution < 1.29 is 14.4 Å². The zero-order valence-corrected chi connectivity index (χ0v) is 12.5. The molecule has 1 aromatic heterocycles. The number of aromatic nitrogens is 3. The van der Waals surface area contributed by atoms with Gasteiger partial charge in [0.1, 0.15) is 12.7 Å². The number of hydrogen-bond donors (Lipinski definition) is 0. The first kappa shape index (κ1) is 14.9. The first-order chi connectivity index (χ1) is 11.1. The van der Waals surface area contributed by atoms with E-state index in [1.165, 1.54) is 17.3 Å². The van der Waals surface area contributed by atoms with Crippen molar-refractivity contribution in [3.63, 3.8) is 0 Å². The summed E-state index contributed by atoms with van der Waals surface area (Å²) in [6.07, 6.45) is 2.85. The zero-order valence-electron chi connectivity index (χ0n) is 12.5. The van der Waals surface area contributed by atoms with Gasteiger partial charge in [0.15, 0.2) is 0 Å². The van der Waals surface area contributed by atoms with E-state index in [1.54, 1.807) is 6.92 Å². The maximum Gasteiger partial charge on any atom is 0.334 e. The van der Waals surface area contributed by atoms with Crippen LogP contribution in [0.5, 0.6) is 0 Å². The second-order valence-electron chi connectivity index (χ2n) is 5.16. The van der Waals surface area contributed by atoms with Gasteiger partial charge in [-0.2, -0.15) is 5.10 Å². The molecule has 1 aliphatic rings. The fourth-order valence-corrected chi connectivity index (χ4v) is 2.49. The molecule has 1 atom stereocenters. The van der Waals surface area contributed by atoms with Crippen LogP contribution in [0.15, 0.2) is 43.0 Å². The number of hydrogen-bond acceptors (Lipinski definition) is 5. The van der Waals surface area contributed by atoms with Crippen LogP contribution in [0.2, 0.25) is 0 Å². The molecule has 0 radical (unpaired) electrons. The zero-order chi connectivity index (χ0) is 16.4. The molecule has 1 aliphatic heterocycles. The summed E-state index contributed by atoms with van der Waals surface area (Å²) in [5.74, 6) is -1.61. The lowest BCUT2D eigenvalue weighted by molar-refractivity contribution is -0.144. The van der Waals surface area contributed by atoms with Crippen molar-refractivity contribution in [2.24, 2.45) is 0 Å².